The van der Waals surface area contributed by atoms with Crippen LogP contribution in [0.3, 0.4) is 0 Å². The lowest BCUT2D eigenvalue weighted by Gasteiger charge is -2.33. The lowest BCUT2D eigenvalue weighted by atomic mass is 10.0. The second kappa shape index (κ2) is 17.8. The zero-order valence-corrected chi connectivity index (χ0v) is 24.8. The maximum atomic E-state index is 6.44. The van der Waals surface area contributed by atoms with Crippen molar-refractivity contribution >= 4 is 17.1 Å². The summed E-state index contributed by atoms with van der Waals surface area (Å²) < 4.78 is 18.9. The highest BCUT2D eigenvalue weighted by Crippen LogP contribution is 2.24. The molecule has 0 saturated heterocycles. The average molecular weight is 495 g/mol. The minimum Gasteiger partial charge on any atom is -0.521 e. The number of para-hydroxylation sites is 1. The summed E-state index contributed by atoms with van der Waals surface area (Å²) >= 11 is 0. The number of hydrogen-bond donors (Lipinski definition) is 0. The topological polar surface area (TPSA) is 27.7 Å². The molecule has 0 radical (unpaired) electrons. The van der Waals surface area contributed by atoms with Gasteiger partial charge in [-0.1, -0.05) is 115 Å². The van der Waals surface area contributed by atoms with Crippen LogP contribution in [0.5, 0.6) is 5.75 Å². The van der Waals surface area contributed by atoms with Gasteiger partial charge >= 0.3 is 17.1 Å². The molecule has 0 aliphatic carbocycles. The third-order valence-electron chi connectivity index (χ3n) is 6.14. The SMILES string of the molecule is CCCCCCCCCCCCCCCCCO[Si](C)(C)O[Si](C)(C)Oc1ccccc1C. The Morgan fingerprint density at radius 3 is 1.55 bits per heavy atom. The van der Waals surface area contributed by atoms with Gasteiger partial charge in [-0.25, -0.2) is 0 Å². The lowest BCUT2D eigenvalue weighted by molar-refractivity contribution is 0.224. The maximum Gasteiger partial charge on any atom is 0.383 e. The van der Waals surface area contributed by atoms with E-state index in [9.17, 15) is 0 Å². The van der Waals surface area contributed by atoms with Crippen LogP contribution < -0.4 is 4.43 Å². The van der Waals surface area contributed by atoms with Gasteiger partial charge < -0.3 is 13.0 Å². The first kappa shape index (κ1) is 30.4. The van der Waals surface area contributed by atoms with E-state index in [1.807, 2.05) is 18.2 Å². The van der Waals surface area contributed by atoms with E-state index in [0.717, 1.165) is 24.3 Å². The van der Waals surface area contributed by atoms with Crippen molar-refractivity contribution in [1.82, 2.24) is 0 Å². The van der Waals surface area contributed by atoms with Crippen molar-refractivity contribution in [3.63, 3.8) is 0 Å². The van der Waals surface area contributed by atoms with Crippen LogP contribution in [0.4, 0.5) is 0 Å². The molecule has 3 nitrogen and oxygen atoms in total. The monoisotopic (exact) mass is 494 g/mol. The number of aryl methyl sites for hydroxylation is 1. The summed E-state index contributed by atoms with van der Waals surface area (Å²) in [6.45, 7) is 13.7. The fraction of sp³-hybridized carbons (Fsp3) is 0.786. The third kappa shape index (κ3) is 16.6. The van der Waals surface area contributed by atoms with Crippen molar-refractivity contribution < 1.29 is 13.0 Å². The Morgan fingerprint density at radius 2 is 1.06 bits per heavy atom. The van der Waals surface area contributed by atoms with E-state index < -0.39 is 17.1 Å². The first-order chi connectivity index (χ1) is 15.8. The van der Waals surface area contributed by atoms with Gasteiger partial charge in [0, 0.05) is 6.61 Å². The normalized spacial score (nSPS) is 12.3. The highest BCUT2D eigenvalue weighted by atomic mass is 28.5. The second-order valence-electron chi connectivity index (χ2n) is 10.6. The summed E-state index contributed by atoms with van der Waals surface area (Å²) in [5.74, 6) is 0.932. The fourth-order valence-electron chi connectivity index (χ4n) is 4.37. The molecule has 5 heteroatoms. The van der Waals surface area contributed by atoms with Gasteiger partial charge in [0.1, 0.15) is 5.75 Å². The van der Waals surface area contributed by atoms with Crippen LogP contribution in [0.15, 0.2) is 24.3 Å². The van der Waals surface area contributed by atoms with E-state index in [0.29, 0.717) is 0 Å². The minimum absolute atomic E-state index is 0.812. The van der Waals surface area contributed by atoms with E-state index in [-0.39, 0.29) is 0 Å². The van der Waals surface area contributed by atoms with Crippen LogP contribution in [0.1, 0.15) is 109 Å². The first-order valence-electron chi connectivity index (χ1n) is 13.8. The molecule has 1 rings (SSSR count). The molecule has 0 aliphatic rings. The second-order valence-corrected chi connectivity index (χ2v) is 17.5. The summed E-state index contributed by atoms with van der Waals surface area (Å²) in [4.78, 5) is 0. The molecule has 0 fully saturated rings. The summed E-state index contributed by atoms with van der Waals surface area (Å²) in [5.41, 5.74) is 1.15. The molecule has 0 atom stereocenters. The van der Waals surface area contributed by atoms with Crippen LogP contribution in [-0.2, 0) is 8.54 Å². The molecule has 0 unspecified atom stereocenters. The quantitative estimate of drug-likeness (QED) is 0.126. The molecule has 1 aromatic carbocycles. The van der Waals surface area contributed by atoms with Crippen molar-refractivity contribution in [3.8, 4) is 5.75 Å². The zero-order valence-electron chi connectivity index (χ0n) is 22.8. The smallest absolute Gasteiger partial charge is 0.383 e. The number of hydrogen-bond acceptors (Lipinski definition) is 3. The Bertz CT molecular complexity index is 605. The van der Waals surface area contributed by atoms with Crippen LogP contribution in [-0.4, -0.2) is 23.7 Å². The molecule has 0 bridgehead atoms. The van der Waals surface area contributed by atoms with Gasteiger partial charge in [0.15, 0.2) is 0 Å². The van der Waals surface area contributed by atoms with Crippen LogP contribution in [0.25, 0.3) is 0 Å². The number of rotatable bonds is 21. The Hall–Kier alpha value is -0.626. The molecule has 0 aliphatic heterocycles. The van der Waals surface area contributed by atoms with E-state index in [1.165, 1.54) is 89.9 Å². The Morgan fingerprint density at radius 1 is 0.606 bits per heavy atom. The van der Waals surface area contributed by atoms with Gasteiger partial charge in [0.05, 0.1) is 0 Å². The molecular weight excluding hydrogens is 440 g/mol. The van der Waals surface area contributed by atoms with Crippen molar-refractivity contribution in [1.29, 1.82) is 0 Å². The molecule has 0 spiro atoms. The Kier molecular flexibility index (Phi) is 16.4. The standard InChI is InChI=1S/C28H54O3Si2/c1-7-8-9-10-11-12-13-14-15-16-17-18-19-20-23-26-29-32(3,4)31-33(5,6)30-28-25-22-21-24-27(28)2/h21-22,24-25H,7-20,23,26H2,1-6H3. The number of benzene rings is 1. The van der Waals surface area contributed by atoms with Crippen molar-refractivity contribution in [2.45, 2.75) is 136 Å². The average Bonchev–Trinajstić information content (AvgIpc) is 2.74. The molecule has 0 amide bonds. The fourth-order valence-corrected chi connectivity index (χ4v) is 10.9. The zero-order chi connectivity index (χ0) is 24.4. The molecular formula is C28H54O3Si2. The molecule has 0 aromatic heterocycles. The van der Waals surface area contributed by atoms with Crippen LogP contribution in [0.2, 0.25) is 26.2 Å². The summed E-state index contributed by atoms with van der Waals surface area (Å²) in [7, 11) is -4.47. The molecule has 0 saturated carbocycles. The molecule has 0 N–H and O–H groups in total. The van der Waals surface area contributed by atoms with E-state index in [2.05, 4.69) is 46.1 Å². The highest BCUT2D eigenvalue weighted by molar-refractivity contribution is 6.79. The van der Waals surface area contributed by atoms with E-state index >= 15 is 0 Å². The summed E-state index contributed by atoms with van der Waals surface area (Å²) in [6, 6.07) is 8.16. The predicted molar refractivity (Wildman–Crippen MR) is 149 cm³/mol. The number of unbranched alkanes of at least 4 members (excludes halogenated alkanes) is 14. The summed E-state index contributed by atoms with van der Waals surface area (Å²) in [6.07, 6.45) is 20.8. The third-order valence-corrected chi connectivity index (χ3v) is 11.7. The van der Waals surface area contributed by atoms with Gasteiger partial charge in [-0.15, -0.1) is 0 Å². The first-order valence-corrected chi connectivity index (χ1v) is 19.5. The minimum atomic E-state index is -2.28. The van der Waals surface area contributed by atoms with Gasteiger partial charge in [-0.2, -0.15) is 0 Å². The largest absolute Gasteiger partial charge is 0.521 e. The van der Waals surface area contributed by atoms with Gasteiger partial charge in [0.25, 0.3) is 0 Å². The van der Waals surface area contributed by atoms with Crippen molar-refractivity contribution in [2.24, 2.45) is 0 Å². The van der Waals surface area contributed by atoms with Crippen LogP contribution in [0, 0.1) is 6.92 Å². The lowest BCUT2D eigenvalue weighted by Crippen LogP contribution is -2.50. The highest BCUT2D eigenvalue weighted by Gasteiger charge is 2.38. The maximum absolute atomic E-state index is 6.44. The molecule has 0 heterocycles. The van der Waals surface area contributed by atoms with E-state index in [4.69, 9.17) is 13.0 Å². The molecule has 1 aromatic rings. The van der Waals surface area contributed by atoms with Crippen molar-refractivity contribution in [2.75, 3.05) is 6.61 Å². The van der Waals surface area contributed by atoms with E-state index in [1.54, 1.807) is 0 Å². The van der Waals surface area contributed by atoms with Crippen molar-refractivity contribution in [3.05, 3.63) is 29.8 Å². The summed E-state index contributed by atoms with van der Waals surface area (Å²) in [5, 5.41) is 0. The van der Waals surface area contributed by atoms with Gasteiger partial charge in [-0.3, -0.25) is 0 Å². The molecule has 192 valence electrons. The Labute approximate surface area is 208 Å². The van der Waals surface area contributed by atoms with Crippen LogP contribution >= 0.6 is 0 Å². The molecule has 33 heavy (non-hydrogen) atoms. The predicted octanol–water partition coefficient (Wildman–Crippen LogP) is 9.68. The Balaban J connectivity index is 2.00. The van der Waals surface area contributed by atoms with Gasteiger partial charge in [0.2, 0.25) is 0 Å². The van der Waals surface area contributed by atoms with Gasteiger partial charge in [-0.05, 0) is 51.2 Å².